The van der Waals surface area contributed by atoms with Gasteiger partial charge in [-0.1, -0.05) is 12.1 Å². The van der Waals surface area contributed by atoms with Gasteiger partial charge in [-0.3, -0.25) is 0 Å². The Labute approximate surface area is 115 Å². The van der Waals surface area contributed by atoms with E-state index in [-0.39, 0.29) is 12.1 Å². The van der Waals surface area contributed by atoms with E-state index < -0.39 is 0 Å². The molecule has 1 atom stereocenters. The summed E-state index contributed by atoms with van der Waals surface area (Å²) in [5.74, 6) is 0.683. The van der Waals surface area contributed by atoms with Crippen LogP contribution in [0.4, 0.5) is 10.5 Å². The maximum Gasteiger partial charge on any atom is 0.315 e. The van der Waals surface area contributed by atoms with Crippen LogP contribution in [0.15, 0.2) is 24.3 Å². The monoisotopic (exact) mass is 261 g/mol. The number of benzene rings is 1. The van der Waals surface area contributed by atoms with Crippen LogP contribution in [0, 0.1) is 5.92 Å². The van der Waals surface area contributed by atoms with Crippen LogP contribution in [0.3, 0.4) is 0 Å². The molecule has 4 heteroatoms. The molecule has 0 saturated heterocycles. The first-order chi connectivity index (χ1) is 9.06. The molecule has 0 aromatic heterocycles. The van der Waals surface area contributed by atoms with Crippen molar-refractivity contribution in [1.82, 2.24) is 10.6 Å². The fraction of sp³-hybridized carbons (Fsp3) is 0.533. The van der Waals surface area contributed by atoms with E-state index in [9.17, 15) is 4.79 Å². The molecule has 0 aliphatic heterocycles. The number of rotatable bonds is 5. The zero-order valence-corrected chi connectivity index (χ0v) is 11.9. The minimum Gasteiger partial charge on any atom is -0.378 e. The van der Waals surface area contributed by atoms with Gasteiger partial charge in [0, 0.05) is 32.4 Å². The average molecular weight is 261 g/mol. The van der Waals surface area contributed by atoms with E-state index in [1.807, 2.05) is 26.2 Å². The zero-order chi connectivity index (χ0) is 13.8. The number of urea groups is 1. The standard InChI is InChI=1S/C15H23N3O/c1-11(13-7-8-13)17-15(19)16-10-12-5-4-6-14(9-12)18(2)3/h4-6,9,11,13H,7-8,10H2,1-3H3,(H2,16,17,19). The molecule has 1 aliphatic carbocycles. The minimum atomic E-state index is -0.0744. The van der Waals surface area contributed by atoms with Gasteiger partial charge in [-0.15, -0.1) is 0 Å². The molecule has 1 aromatic carbocycles. The van der Waals surface area contributed by atoms with Crippen molar-refractivity contribution in [1.29, 1.82) is 0 Å². The highest BCUT2D eigenvalue weighted by molar-refractivity contribution is 5.74. The molecule has 0 spiro atoms. The summed E-state index contributed by atoms with van der Waals surface area (Å²) in [7, 11) is 4.02. The van der Waals surface area contributed by atoms with Gasteiger partial charge < -0.3 is 15.5 Å². The fourth-order valence-corrected chi connectivity index (χ4v) is 2.10. The summed E-state index contributed by atoms with van der Waals surface area (Å²) in [6, 6.07) is 8.39. The number of anilines is 1. The van der Waals surface area contributed by atoms with Gasteiger partial charge in [-0.2, -0.15) is 0 Å². The number of amides is 2. The van der Waals surface area contributed by atoms with E-state index in [1.54, 1.807) is 0 Å². The van der Waals surface area contributed by atoms with E-state index in [4.69, 9.17) is 0 Å². The molecule has 4 nitrogen and oxygen atoms in total. The first kappa shape index (κ1) is 13.7. The Hall–Kier alpha value is -1.71. The Morgan fingerprint density at radius 2 is 2.16 bits per heavy atom. The molecule has 1 fully saturated rings. The third kappa shape index (κ3) is 4.16. The average Bonchev–Trinajstić information content (AvgIpc) is 3.21. The summed E-state index contributed by atoms with van der Waals surface area (Å²) in [5.41, 5.74) is 2.26. The van der Waals surface area contributed by atoms with Crippen molar-refractivity contribution in [3.8, 4) is 0 Å². The maximum absolute atomic E-state index is 11.7. The second-order valence-electron chi connectivity index (χ2n) is 5.52. The van der Waals surface area contributed by atoms with Crippen LogP contribution in [0.25, 0.3) is 0 Å². The van der Waals surface area contributed by atoms with E-state index in [0.717, 1.165) is 11.3 Å². The fourth-order valence-electron chi connectivity index (χ4n) is 2.10. The van der Waals surface area contributed by atoms with Crippen molar-refractivity contribution < 1.29 is 4.79 Å². The van der Waals surface area contributed by atoms with Crippen molar-refractivity contribution in [3.63, 3.8) is 0 Å². The van der Waals surface area contributed by atoms with Crippen LogP contribution in [0.5, 0.6) is 0 Å². The van der Waals surface area contributed by atoms with Crippen molar-refractivity contribution in [2.75, 3.05) is 19.0 Å². The first-order valence-electron chi connectivity index (χ1n) is 6.87. The molecule has 19 heavy (non-hydrogen) atoms. The highest BCUT2D eigenvalue weighted by atomic mass is 16.2. The number of carbonyl (C=O) groups excluding carboxylic acids is 1. The summed E-state index contributed by atoms with van der Waals surface area (Å²) in [4.78, 5) is 13.8. The van der Waals surface area contributed by atoms with Crippen molar-refractivity contribution >= 4 is 11.7 Å². The van der Waals surface area contributed by atoms with E-state index in [1.165, 1.54) is 12.8 Å². The van der Waals surface area contributed by atoms with Crippen LogP contribution in [-0.4, -0.2) is 26.2 Å². The van der Waals surface area contributed by atoms with Gasteiger partial charge in [0.25, 0.3) is 0 Å². The molecule has 1 aromatic rings. The molecule has 1 aliphatic rings. The predicted octanol–water partition coefficient (Wildman–Crippen LogP) is 2.35. The largest absolute Gasteiger partial charge is 0.378 e. The van der Waals surface area contributed by atoms with Gasteiger partial charge in [0.15, 0.2) is 0 Å². The Bertz CT molecular complexity index is 441. The lowest BCUT2D eigenvalue weighted by molar-refractivity contribution is 0.236. The van der Waals surface area contributed by atoms with Gasteiger partial charge >= 0.3 is 6.03 Å². The molecular weight excluding hydrogens is 238 g/mol. The van der Waals surface area contributed by atoms with E-state index in [0.29, 0.717) is 12.5 Å². The minimum absolute atomic E-state index is 0.0744. The third-order valence-electron chi connectivity index (χ3n) is 3.57. The van der Waals surface area contributed by atoms with Crippen molar-refractivity contribution in [3.05, 3.63) is 29.8 Å². The van der Waals surface area contributed by atoms with Crippen molar-refractivity contribution in [2.24, 2.45) is 5.92 Å². The Balaban J connectivity index is 1.80. The molecule has 2 amide bonds. The summed E-state index contributed by atoms with van der Waals surface area (Å²) < 4.78 is 0. The second-order valence-corrected chi connectivity index (χ2v) is 5.52. The molecule has 104 valence electrons. The number of hydrogen-bond acceptors (Lipinski definition) is 2. The van der Waals surface area contributed by atoms with E-state index >= 15 is 0 Å². The summed E-state index contributed by atoms with van der Waals surface area (Å²) >= 11 is 0. The molecule has 0 heterocycles. The van der Waals surface area contributed by atoms with Gasteiger partial charge in [0.2, 0.25) is 0 Å². The topological polar surface area (TPSA) is 44.4 Å². The number of nitrogens with one attached hydrogen (secondary N) is 2. The van der Waals surface area contributed by atoms with Crippen LogP contribution in [0.2, 0.25) is 0 Å². The number of hydrogen-bond donors (Lipinski definition) is 2. The quantitative estimate of drug-likeness (QED) is 0.854. The molecular formula is C15H23N3O. The summed E-state index contributed by atoms with van der Waals surface area (Å²) in [6.45, 7) is 2.63. The van der Waals surface area contributed by atoms with Crippen LogP contribution in [0.1, 0.15) is 25.3 Å². The SMILES string of the molecule is CC(NC(=O)NCc1cccc(N(C)C)c1)C1CC1. The highest BCUT2D eigenvalue weighted by Crippen LogP contribution is 2.32. The zero-order valence-electron chi connectivity index (χ0n) is 11.9. The second kappa shape index (κ2) is 5.95. The lowest BCUT2D eigenvalue weighted by atomic mass is 10.2. The molecule has 2 rings (SSSR count). The van der Waals surface area contributed by atoms with Crippen molar-refractivity contribution in [2.45, 2.75) is 32.4 Å². The molecule has 0 bridgehead atoms. The van der Waals surface area contributed by atoms with Crippen LogP contribution < -0.4 is 15.5 Å². The van der Waals surface area contributed by atoms with Gasteiger partial charge in [0.1, 0.15) is 0 Å². The van der Waals surface area contributed by atoms with Crippen LogP contribution >= 0.6 is 0 Å². The Kier molecular flexibility index (Phi) is 4.30. The smallest absolute Gasteiger partial charge is 0.315 e. The normalized spacial score (nSPS) is 15.7. The number of nitrogens with zero attached hydrogens (tertiary/aromatic N) is 1. The lowest BCUT2D eigenvalue weighted by Gasteiger charge is -2.15. The third-order valence-corrected chi connectivity index (χ3v) is 3.57. The lowest BCUT2D eigenvalue weighted by Crippen LogP contribution is -2.41. The summed E-state index contributed by atoms with van der Waals surface area (Å²) in [6.07, 6.45) is 2.48. The first-order valence-corrected chi connectivity index (χ1v) is 6.87. The van der Waals surface area contributed by atoms with E-state index in [2.05, 4.69) is 34.6 Å². The molecule has 2 N–H and O–H groups in total. The van der Waals surface area contributed by atoms with Gasteiger partial charge in [-0.25, -0.2) is 4.79 Å². The summed E-state index contributed by atoms with van der Waals surface area (Å²) in [5, 5.41) is 5.90. The molecule has 1 unspecified atom stereocenters. The van der Waals surface area contributed by atoms with Crippen LogP contribution in [-0.2, 0) is 6.54 Å². The maximum atomic E-state index is 11.7. The number of carbonyl (C=O) groups is 1. The van der Waals surface area contributed by atoms with Gasteiger partial charge in [-0.05, 0) is 43.4 Å². The molecule has 1 saturated carbocycles. The Morgan fingerprint density at radius 3 is 2.79 bits per heavy atom. The highest BCUT2D eigenvalue weighted by Gasteiger charge is 2.28. The predicted molar refractivity (Wildman–Crippen MR) is 78.3 cm³/mol. The van der Waals surface area contributed by atoms with Gasteiger partial charge in [0.05, 0.1) is 0 Å². The Morgan fingerprint density at radius 1 is 1.42 bits per heavy atom. The molecule has 0 radical (unpaired) electrons.